The fraction of sp³-hybridized carbons (Fsp3) is 0.385. The van der Waals surface area contributed by atoms with Gasteiger partial charge in [-0.15, -0.1) is 36.2 Å². The van der Waals surface area contributed by atoms with Gasteiger partial charge in [0.2, 0.25) is 0 Å². The van der Waals surface area contributed by atoms with Gasteiger partial charge in [0, 0.05) is 18.3 Å². The van der Waals surface area contributed by atoms with E-state index in [1.165, 1.54) is 42.8 Å². The molecule has 0 saturated carbocycles. The van der Waals surface area contributed by atoms with E-state index in [2.05, 4.69) is 68.4 Å². The highest BCUT2D eigenvalue weighted by atomic mass is 35.5. The largest absolute Gasteiger partial charge is 0.497 e. The molecule has 5 rings (SSSR count). The Hall–Kier alpha value is -2.12. The first-order chi connectivity index (χ1) is 15.8. The highest BCUT2D eigenvalue weighted by Gasteiger charge is 2.22. The van der Waals surface area contributed by atoms with Gasteiger partial charge in [-0.2, -0.15) is 0 Å². The standard InChI is InChI=1S/C26H30N4OS.2ClH/c1-31-23-8-6-20(7-9-23)10-13-29-14-11-21(12-15-29)16-26-28-24-4-2-3-5-25(24)30(26)17-22-18-32-19-27-22;;/h2-9,18-19,21H,10-17H2,1H3;2*1H. The number of ether oxygens (including phenoxy) is 1. The zero-order chi connectivity index (χ0) is 21.8. The number of nitrogens with zero attached hydrogens (tertiary/aromatic N) is 4. The first-order valence-corrected chi connectivity index (χ1v) is 12.4. The van der Waals surface area contributed by atoms with Crippen LogP contribution in [0.4, 0.5) is 0 Å². The van der Waals surface area contributed by atoms with Crippen LogP contribution in [-0.2, 0) is 19.4 Å². The van der Waals surface area contributed by atoms with E-state index in [-0.39, 0.29) is 24.8 Å². The highest BCUT2D eigenvalue weighted by Crippen LogP contribution is 2.25. The Morgan fingerprint density at radius 1 is 1.03 bits per heavy atom. The molecule has 2 aromatic carbocycles. The van der Waals surface area contributed by atoms with Crippen molar-refractivity contribution in [1.29, 1.82) is 0 Å². The maximum atomic E-state index is 5.26. The van der Waals surface area contributed by atoms with Crippen molar-refractivity contribution in [3.05, 3.63) is 76.5 Å². The molecule has 0 spiro atoms. The minimum absolute atomic E-state index is 0. The molecule has 2 aromatic heterocycles. The minimum Gasteiger partial charge on any atom is -0.497 e. The number of methoxy groups -OCH3 is 1. The number of thiazole rings is 1. The molecule has 0 amide bonds. The molecule has 0 unspecified atom stereocenters. The van der Waals surface area contributed by atoms with Crippen LogP contribution in [0.25, 0.3) is 11.0 Å². The fourth-order valence-electron chi connectivity index (χ4n) is 4.69. The van der Waals surface area contributed by atoms with E-state index in [0.29, 0.717) is 5.92 Å². The van der Waals surface area contributed by atoms with Crippen LogP contribution >= 0.6 is 36.2 Å². The molecule has 1 fully saturated rings. The van der Waals surface area contributed by atoms with E-state index in [0.717, 1.165) is 42.9 Å². The number of aromatic nitrogens is 3. The SMILES string of the molecule is COc1ccc(CCN2CCC(Cc3nc4ccccc4n3Cc3cscn3)CC2)cc1.Cl.Cl. The fourth-order valence-corrected chi connectivity index (χ4v) is 5.24. The average molecular weight is 520 g/mol. The second-order valence-corrected chi connectivity index (χ2v) is 9.39. The summed E-state index contributed by atoms with van der Waals surface area (Å²) >= 11 is 1.66. The normalized spacial score (nSPS) is 14.5. The number of imidazole rings is 1. The zero-order valence-electron chi connectivity index (χ0n) is 19.4. The van der Waals surface area contributed by atoms with Crippen molar-refractivity contribution < 1.29 is 4.74 Å². The average Bonchev–Trinajstić information content (AvgIpc) is 3.47. The monoisotopic (exact) mass is 518 g/mol. The van der Waals surface area contributed by atoms with E-state index >= 15 is 0 Å². The molecule has 0 bridgehead atoms. The van der Waals surface area contributed by atoms with Crippen molar-refractivity contribution >= 4 is 47.2 Å². The lowest BCUT2D eigenvalue weighted by Gasteiger charge is -2.32. The number of hydrogen-bond acceptors (Lipinski definition) is 5. The molecule has 1 aliphatic rings. The molecule has 5 nitrogen and oxygen atoms in total. The Kier molecular flexibility index (Phi) is 9.77. The lowest BCUT2D eigenvalue weighted by molar-refractivity contribution is 0.184. The van der Waals surface area contributed by atoms with Crippen molar-refractivity contribution in [3.63, 3.8) is 0 Å². The van der Waals surface area contributed by atoms with Gasteiger partial charge in [0.05, 0.1) is 35.9 Å². The molecule has 0 aliphatic carbocycles. The quantitative estimate of drug-likeness (QED) is 0.291. The van der Waals surface area contributed by atoms with Gasteiger partial charge in [-0.1, -0.05) is 24.3 Å². The second kappa shape index (κ2) is 12.5. The number of rotatable bonds is 8. The minimum atomic E-state index is 0. The van der Waals surface area contributed by atoms with Gasteiger partial charge < -0.3 is 14.2 Å². The summed E-state index contributed by atoms with van der Waals surface area (Å²) in [6.45, 7) is 4.28. The van der Waals surface area contributed by atoms with Crippen LogP contribution in [0, 0.1) is 5.92 Å². The summed E-state index contributed by atoms with van der Waals surface area (Å²) in [6, 6.07) is 17.0. The Morgan fingerprint density at radius 3 is 2.50 bits per heavy atom. The molecule has 0 atom stereocenters. The Bertz CT molecular complexity index is 1140. The van der Waals surface area contributed by atoms with Crippen LogP contribution in [0.5, 0.6) is 5.75 Å². The smallest absolute Gasteiger partial charge is 0.118 e. The van der Waals surface area contributed by atoms with Crippen LogP contribution in [0.1, 0.15) is 29.9 Å². The number of benzene rings is 2. The number of likely N-dealkylation sites (tertiary alicyclic amines) is 1. The molecule has 34 heavy (non-hydrogen) atoms. The van der Waals surface area contributed by atoms with Crippen LogP contribution in [0.2, 0.25) is 0 Å². The predicted molar refractivity (Wildman–Crippen MR) is 145 cm³/mol. The van der Waals surface area contributed by atoms with Gasteiger partial charge in [-0.25, -0.2) is 9.97 Å². The topological polar surface area (TPSA) is 43.2 Å². The van der Waals surface area contributed by atoms with Gasteiger partial charge in [-0.3, -0.25) is 0 Å². The van der Waals surface area contributed by atoms with Crippen LogP contribution < -0.4 is 4.74 Å². The molecular weight excluding hydrogens is 487 g/mol. The molecule has 1 aliphatic heterocycles. The Labute approximate surface area is 218 Å². The molecule has 8 heteroatoms. The summed E-state index contributed by atoms with van der Waals surface area (Å²) in [6.07, 6.45) is 4.62. The van der Waals surface area contributed by atoms with E-state index in [1.54, 1.807) is 18.4 Å². The summed E-state index contributed by atoms with van der Waals surface area (Å²) < 4.78 is 7.64. The molecule has 4 aromatic rings. The van der Waals surface area contributed by atoms with Crippen molar-refractivity contribution in [3.8, 4) is 5.75 Å². The number of para-hydroxylation sites is 2. The summed E-state index contributed by atoms with van der Waals surface area (Å²) in [5, 5.41) is 2.14. The van der Waals surface area contributed by atoms with Gasteiger partial charge in [0.1, 0.15) is 11.6 Å². The molecule has 1 saturated heterocycles. The Morgan fingerprint density at radius 2 is 1.79 bits per heavy atom. The summed E-state index contributed by atoms with van der Waals surface area (Å²) in [4.78, 5) is 12.1. The number of fused-ring (bicyclic) bond motifs is 1. The van der Waals surface area contributed by atoms with E-state index in [9.17, 15) is 0 Å². The molecule has 3 heterocycles. The van der Waals surface area contributed by atoms with Gasteiger partial charge in [0.25, 0.3) is 0 Å². The third-order valence-corrected chi connectivity index (χ3v) is 7.23. The second-order valence-electron chi connectivity index (χ2n) is 8.67. The van der Waals surface area contributed by atoms with E-state index in [1.807, 2.05) is 5.51 Å². The van der Waals surface area contributed by atoms with E-state index in [4.69, 9.17) is 9.72 Å². The van der Waals surface area contributed by atoms with Crippen molar-refractivity contribution in [1.82, 2.24) is 19.4 Å². The van der Waals surface area contributed by atoms with Gasteiger partial charge in [-0.05, 0) is 68.1 Å². The van der Waals surface area contributed by atoms with Crippen molar-refractivity contribution in [2.24, 2.45) is 5.92 Å². The molecular formula is C26H32Cl2N4OS. The molecule has 0 radical (unpaired) electrons. The number of piperidine rings is 1. The third kappa shape index (κ3) is 6.30. The molecule has 182 valence electrons. The van der Waals surface area contributed by atoms with Crippen LogP contribution in [0.15, 0.2) is 59.4 Å². The summed E-state index contributed by atoms with van der Waals surface area (Å²) in [5.41, 5.74) is 6.72. The maximum absolute atomic E-state index is 5.26. The number of hydrogen-bond donors (Lipinski definition) is 0. The Balaban J connectivity index is 0.00000162. The lowest BCUT2D eigenvalue weighted by atomic mass is 9.93. The van der Waals surface area contributed by atoms with E-state index < -0.39 is 0 Å². The third-order valence-electron chi connectivity index (χ3n) is 6.59. The van der Waals surface area contributed by atoms with Crippen molar-refractivity contribution in [2.45, 2.75) is 32.2 Å². The van der Waals surface area contributed by atoms with Crippen LogP contribution in [0.3, 0.4) is 0 Å². The first kappa shape index (κ1) is 26.5. The predicted octanol–water partition coefficient (Wildman–Crippen LogP) is 5.89. The molecule has 0 N–H and O–H groups in total. The zero-order valence-corrected chi connectivity index (χ0v) is 21.9. The van der Waals surface area contributed by atoms with Crippen LogP contribution in [-0.4, -0.2) is 46.2 Å². The lowest BCUT2D eigenvalue weighted by Crippen LogP contribution is -2.36. The maximum Gasteiger partial charge on any atom is 0.118 e. The summed E-state index contributed by atoms with van der Waals surface area (Å²) in [7, 11) is 1.72. The number of halogens is 2. The van der Waals surface area contributed by atoms with Gasteiger partial charge >= 0.3 is 0 Å². The van der Waals surface area contributed by atoms with Gasteiger partial charge in [0.15, 0.2) is 0 Å². The first-order valence-electron chi connectivity index (χ1n) is 11.4. The summed E-state index contributed by atoms with van der Waals surface area (Å²) in [5.74, 6) is 2.82. The van der Waals surface area contributed by atoms with Crippen molar-refractivity contribution in [2.75, 3.05) is 26.7 Å². The highest BCUT2D eigenvalue weighted by molar-refractivity contribution is 7.07.